The monoisotopic (exact) mass is 258 g/mol. The molecule has 1 aromatic heterocycles. The van der Waals surface area contributed by atoms with Gasteiger partial charge >= 0.3 is 0 Å². The Balaban J connectivity index is 2.48. The van der Waals surface area contributed by atoms with Gasteiger partial charge in [0.1, 0.15) is 5.82 Å². The van der Waals surface area contributed by atoms with Crippen LogP contribution in [0.3, 0.4) is 0 Å². The van der Waals surface area contributed by atoms with Gasteiger partial charge in [-0.05, 0) is 38.1 Å². The molecule has 0 bridgehead atoms. The van der Waals surface area contributed by atoms with Crippen molar-refractivity contribution in [3.05, 3.63) is 64.7 Å². The van der Waals surface area contributed by atoms with Crippen LogP contribution in [-0.2, 0) is 0 Å². The van der Waals surface area contributed by atoms with Crippen molar-refractivity contribution >= 4 is 0 Å². The average Bonchev–Trinajstić information content (AvgIpc) is 2.36. The van der Waals surface area contributed by atoms with Crippen LogP contribution in [0, 0.1) is 19.7 Å². The molecule has 0 aliphatic carbocycles. The minimum absolute atomic E-state index is 0.204. The van der Waals surface area contributed by atoms with Crippen molar-refractivity contribution in [1.82, 2.24) is 10.3 Å². The van der Waals surface area contributed by atoms with Crippen molar-refractivity contribution in [2.75, 3.05) is 6.54 Å². The van der Waals surface area contributed by atoms with Crippen LogP contribution < -0.4 is 5.32 Å². The first-order chi connectivity index (χ1) is 9.11. The zero-order valence-electron chi connectivity index (χ0n) is 11.6. The van der Waals surface area contributed by atoms with Crippen molar-refractivity contribution < 1.29 is 4.39 Å². The standard InChI is InChI=1S/C16H19FN2/c1-4-18-15(16-14(17)6-5-7-19-16)13-9-11(2)8-12(3)10-13/h5-10,15,18H,4H2,1-3H3. The van der Waals surface area contributed by atoms with E-state index in [1.807, 2.05) is 20.8 Å². The smallest absolute Gasteiger partial charge is 0.146 e. The summed E-state index contributed by atoms with van der Waals surface area (Å²) in [5.41, 5.74) is 3.86. The van der Waals surface area contributed by atoms with E-state index >= 15 is 0 Å². The first kappa shape index (κ1) is 13.7. The van der Waals surface area contributed by atoms with Gasteiger partial charge in [-0.15, -0.1) is 0 Å². The second-order valence-electron chi connectivity index (χ2n) is 4.78. The molecule has 2 aromatic rings. The van der Waals surface area contributed by atoms with E-state index in [4.69, 9.17) is 0 Å². The van der Waals surface area contributed by atoms with Gasteiger partial charge in [0.2, 0.25) is 0 Å². The van der Waals surface area contributed by atoms with E-state index < -0.39 is 0 Å². The van der Waals surface area contributed by atoms with E-state index in [2.05, 4.69) is 28.5 Å². The molecule has 1 aromatic carbocycles. The van der Waals surface area contributed by atoms with Crippen LogP contribution in [0.25, 0.3) is 0 Å². The minimum atomic E-state index is -0.271. The molecule has 1 N–H and O–H groups in total. The van der Waals surface area contributed by atoms with Gasteiger partial charge in [0, 0.05) is 6.20 Å². The highest BCUT2D eigenvalue weighted by molar-refractivity contribution is 5.35. The molecule has 2 nitrogen and oxygen atoms in total. The topological polar surface area (TPSA) is 24.9 Å². The summed E-state index contributed by atoms with van der Waals surface area (Å²) < 4.78 is 13.9. The highest BCUT2D eigenvalue weighted by atomic mass is 19.1. The van der Waals surface area contributed by atoms with Crippen LogP contribution in [0.5, 0.6) is 0 Å². The summed E-state index contributed by atoms with van der Waals surface area (Å²) in [7, 11) is 0. The molecule has 0 aliphatic rings. The van der Waals surface area contributed by atoms with Crippen LogP contribution in [0.4, 0.5) is 4.39 Å². The summed E-state index contributed by atoms with van der Waals surface area (Å²) in [4.78, 5) is 4.20. The molecule has 1 unspecified atom stereocenters. The number of nitrogens with zero attached hydrogens (tertiary/aromatic N) is 1. The lowest BCUT2D eigenvalue weighted by Crippen LogP contribution is -2.24. The Morgan fingerprint density at radius 2 is 1.89 bits per heavy atom. The Kier molecular flexibility index (Phi) is 4.27. The molecule has 100 valence electrons. The van der Waals surface area contributed by atoms with Crippen LogP contribution in [0.15, 0.2) is 36.5 Å². The molecule has 1 atom stereocenters. The number of rotatable bonds is 4. The molecule has 3 heteroatoms. The molecular formula is C16H19FN2. The lowest BCUT2D eigenvalue weighted by atomic mass is 9.98. The summed E-state index contributed by atoms with van der Waals surface area (Å²) in [6.45, 7) is 6.87. The third-order valence-electron chi connectivity index (χ3n) is 3.05. The summed E-state index contributed by atoms with van der Waals surface area (Å²) in [5, 5.41) is 3.31. The predicted molar refractivity (Wildman–Crippen MR) is 75.6 cm³/mol. The van der Waals surface area contributed by atoms with E-state index in [9.17, 15) is 4.39 Å². The number of halogens is 1. The van der Waals surface area contributed by atoms with Crippen molar-refractivity contribution in [3.8, 4) is 0 Å². The maximum absolute atomic E-state index is 13.9. The van der Waals surface area contributed by atoms with Gasteiger partial charge < -0.3 is 5.32 Å². The molecule has 0 saturated carbocycles. The van der Waals surface area contributed by atoms with E-state index in [1.165, 1.54) is 17.2 Å². The highest BCUT2D eigenvalue weighted by Crippen LogP contribution is 2.24. The number of aryl methyl sites for hydroxylation is 2. The van der Waals surface area contributed by atoms with Crippen molar-refractivity contribution in [1.29, 1.82) is 0 Å². The zero-order chi connectivity index (χ0) is 13.8. The van der Waals surface area contributed by atoms with Gasteiger partial charge in [-0.25, -0.2) is 4.39 Å². The third-order valence-corrected chi connectivity index (χ3v) is 3.05. The normalized spacial score (nSPS) is 12.4. The van der Waals surface area contributed by atoms with E-state index in [0.29, 0.717) is 5.69 Å². The molecule has 0 fully saturated rings. The average molecular weight is 258 g/mol. The van der Waals surface area contributed by atoms with Crippen LogP contribution >= 0.6 is 0 Å². The van der Waals surface area contributed by atoms with E-state index in [-0.39, 0.29) is 11.9 Å². The molecule has 0 spiro atoms. The van der Waals surface area contributed by atoms with E-state index in [1.54, 1.807) is 12.3 Å². The van der Waals surface area contributed by atoms with Crippen molar-refractivity contribution in [3.63, 3.8) is 0 Å². The van der Waals surface area contributed by atoms with E-state index in [0.717, 1.165) is 12.1 Å². The zero-order valence-corrected chi connectivity index (χ0v) is 11.6. The lowest BCUT2D eigenvalue weighted by molar-refractivity contribution is 0.542. The quantitative estimate of drug-likeness (QED) is 0.907. The summed E-state index contributed by atoms with van der Waals surface area (Å²) in [5.74, 6) is -0.271. The summed E-state index contributed by atoms with van der Waals surface area (Å²) in [6.07, 6.45) is 1.63. The van der Waals surface area contributed by atoms with Gasteiger partial charge in [0.25, 0.3) is 0 Å². The predicted octanol–water partition coefficient (Wildman–Crippen LogP) is 3.54. The molecule has 0 radical (unpaired) electrons. The lowest BCUT2D eigenvalue weighted by Gasteiger charge is -2.19. The van der Waals surface area contributed by atoms with Gasteiger partial charge in [0.05, 0.1) is 11.7 Å². The number of pyridine rings is 1. The molecule has 0 aliphatic heterocycles. The fraction of sp³-hybridized carbons (Fsp3) is 0.312. The van der Waals surface area contributed by atoms with Crippen molar-refractivity contribution in [2.24, 2.45) is 0 Å². The molecule has 19 heavy (non-hydrogen) atoms. The van der Waals surface area contributed by atoms with Crippen molar-refractivity contribution in [2.45, 2.75) is 26.8 Å². The Morgan fingerprint density at radius 1 is 1.21 bits per heavy atom. The molecule has 1 heterocycles. The number of benzene rings is 1. The molecule has 0 saturated heterocycles. The largest absolute Gasteiger partial charge is 0.305 e. The first-order valence-corrected chi connectivity index (χ1v) is 6.53. The number of nitrogens with one attached hydrogen (secondary N) is 1. The maximum Gasteiger partial charge on any atom is 0.146 e. The fourth-order valence-electron chi connectivity index (χ4n) is 2.36. The highest BCUT2D eigenvalue weighted by Gasteiger charge is 2.18. The van der Waals surface area contributed by atoms with Gasteiger partial charge in [-0.3, -0.25) is 4.98 Å². The second kappa shape index (κ2) is 5.93. The Morgan fingerprint density at radius 3 is 2.47 bits per heavy atom. The van der Waals surface area contributed by atoms with Gasteiger partial charge in [-0.1, -0.05) is 36.2 Å². The Hall–Kier alpha value is -1.74. The maximum atomic E-state index is 13.9. The van der Waals surface area contributed by atoms with Crippen LogP contribution in [0.2, 0.25) is 0 Å². The second-order valence-corrected chi connectivity index (χ2v) is 4.78. The van der Waals surface area contributed by atoms with Gasteiger partial charge in [0.15, 0.2) is 0 Å². The van der Waals surface area contributed by atoms with Crippen LogP contribution in [-0.4, -0.2) is 11.5 Å². The molecule has 0 amide bonds. The fourth-order valence-corrected chi connectivity index (χ4v) is 2.36. The minimum Gasteiger partial charge on any atom is -0.305 e. The Bertz CT molecular complexity index is 546. The van der Waals surface area contributed by atoms with Gasteiger partial charge in [-0.2, -0.15) is 0 Å². The summed E-state index contributed by atoms with van der Waals surface area (Å²) in [6, 6.07) is 9.13. The third kappa shape index (κ3) is 3.18. The molecular weight excluding hydrogens is 239 g/mol. The summed E-state index contributed by atoms with van der Waals surface area (Å²) >= 11 is 0. The number of hydrogen-bond acceptors (Lipinski definition) is 2. The van der Waals surface area contributed by atoms with Crippen LogP contribution in [0.1, 0.15) is 35.3 Å². The Labute approximate surface area is 113 Å². The number of aromatic nitrogens is 1. The SMILES string of the molecule is CCNC(c1cc(C)cc(C)c1)c1ncccc1F. The first-order valence-electron chi connectivity index (χ1n) is 6.53. The molecule has 2 rings (SSSR count). The number of hydrogen-bond donors (Lipinski definition) is 1.